The number of aromatic amines is 1. The summed E-state index contributed by atoms with van der Waals surface area (Å²) < 4.78 is 0. The van der Waals surface area contributed by atoms with Crippen molar-refractivity contribution in [2.75, 3.05) is 0 Å². The number of hydrogen-bond acceptors (Lipinski definition) is 3. The number of amides is 1. The zero-order valence-electron chi connectivity index (χ0n) is 7.86. The van der Waals surface area contributed by atoms with Crippen LogP contribution in [0.2, 0.25) is 0 Å². The van der Waals surface area contributed by atoms with Gasteiger partial charge in [0.05, 0.1) is 12.5 Å². The van der Waals surface area contributed by atoms with E-state index < -0.39 is 0 Å². The fourth-order valence-electron chi connectivity index (χ4n) is 1.79. The zero-order valence-corrected chi connectivity index (χ0v) is 7.86. The Kier molecular flexibility index (Phi) is 2.49. The highest BCUT2D eigenvalue weighted by molar-refractivity contribution is 5.92. The van der Waals surface area contributed by atoms with E-state index in [0.29, 0.717) is 5.69 Å². The molecule has 0 bridgehead atoms. The molecule has 0 radical (unpaired) electrons. The first-order valence-electron chi connectivity index (χ1n) is 4.82. The minimum absolute atomic E-state index is 0.0990. The summed E-state index contributed by atoms with van der Waals surface area (Å²) >= 11 is 0. The van der Waals surface area contributed by atoms with Gasteiger partial charge in [-0.2, -0.15) is 0 Å². The summed E-state index contributed by atoms with van der Waals surface area (Å²) in [6, 6.07) is 0.215. The molecular weight excluding hydrogens is 180 g/mol. The molecular formula is C9H14N4O. The number of H-pyrrole nitrogens is 1. The van der Waals surface area contributed by atoms with E-state index >= 15 is 0 Å². The van der Waals surface area contributed by atoms with Crippen molar-refractivity contribution in [3.8, 4) is 0 Å². The summed E-state index contributed by atoms with van der Waals surface area (Å²) in [5, 5.41) is 2.90. The van der Waals surface area contributed by atoms with Gasteiger partial charge < -0.3 is 16.0 Å². The molecule has 4 N–H and O–H groups in total. The molecule has 14 heavy (non-hydrogen) atoms. The van der Waals surface area contributed by atoms with Gasteiger partial charge in [0.2, 0.25) is 0 Å². The second-order valence-electron chi connectivity index (χ2n) is 3.64. The minimum Gasteiger partial charge on any atom is -0.346 e. The van der Waals surface area contributed by atoms with Crippen molar-refractivity contribution in [1.29, 1.82) is 0 Å². The van der Waals surface area contributed by atoms with Crippen LogP contribution in [0.1, 0.15) is 29.8 Å². The number of carbonyl (C=O) groups excluding carboxylic acids is 1. The Bertz CT molecular complexity index is 309. The van der Waals surface area contributed by atoms with Crippen molar-refractivity contribution in [1.82, 2.24) is 15.3 Å². The third kappa shape index (κ3) is 1.77. The van der Waals surface area contributed by atoms with Crippen LogP contribution in [-0.4, -0.2) is 28.0 Å². The van der Waals surface area contributed by atoms with Crippen molar-refractivity contribution in [2.45, 2.75) is 31.3 Å². The van der Waals surface area contributed by atoms with Crippen molar-refractivity contribution in [3.63, 3.8) is 0 Å². The van der Waals surface area contributed by atoms with Crippen LogP contribution in [0.3, 0.4) is 0 Å². The van der Waals surface area contributed by atoms with Crippen LogP contribution < -0.4 is 11.1 Å². The van der Waals surface area contributed by atoms with Crippen LogP contribution in [0.5, 0.6) is 0 Å². The first-order chi connectivity index (χ1) is 6.77. The third-order valence-electron chi connectivity index (χ3n) is 2.63. The van der Waals surface area contributed by atoms with Gasteiger partial charge in [-0.15, -0.1) is 0 Å². The summed E-state index contributed by atoms with van der Waals surface area (Å²) in [5.74, 6) is -0.121. The number of nitrogens with two attached hydrogens (primary N) is 1. The predicted molar refractivity (Wildman–Crippen MR) is 51.7 cm³/mol. The maximum Gasteiger partial charge on any atom is 0.269 e. The summed E-state index contributed by atoms with van der Waals surface area (Å²) in [6.07, 6.45) is 6.06. The lowest BCUT2D eigenvalue weighted by atomic mass is 10.2. The molecule has 1 aliphatic rings. The molecule has 1 saturated carbocycles. The first-order valence-corrected chi connectivity index (χ1v) is 4.82. The first kappa shape index (κ1) is 9.21. The molecule has 1 aliphatic carbocycles. The van der Waals surface area contributed by atoms with Crippen molar-refractivity contribution < 1.29 is 4.79 Å². The smallest absolute Gasteiger partial charge is 0.269 e. The second-order valence-corrected chi connectivity index (χ2v) is 3.64. The van der Waals surface area contributed by atoms with Crippen LogP contribution in [0.4, 0.5) is 0 Å². The van der Waals surface area contributed by atoms with Gasteiger partial charge in [0.1, 0.15) is 5.69 Å². The highest BCUT2D eigenvalue weighted by Crippen LogP contribution is 2.17. The summed E-state index contributed by atoms with van der Waals surface area (Å²) in [6.45, 7) is 0. The molecule has 0 aromatic carbocycles. The fraction of sp³-hybridized carbons (Fsp3) is 0.556. The normalized spacial score (nSPS) is 26.4. The predicted octanol–water partition coefficient (Wildman–Crippen LogP) is 0.0193. The Labute approximate surface area is 82.1 Å². The summed E-state index contributed by atoms with van der Waals surface area (Å²) in [5.41, 5.74) is 6.33. The Morgan fingerprint density at radius 3 is 3.07 bits per heavy atom. The van der Waals surface area contributed by atoms with Gasteiger partial charge in [-0.1, -0.05) is 0 Å². The molecule has 2 rings (SSSR count). The number of nitrogens with one attached hydrogen (secondary N) is 2. The molecule has 1 aromatic rings. The number of hydrogen-bond donors (Lipinski definition) is 3. The van der Waals surface area contributed by atoms with Crippen LogP contribution in [0.15, 0.2) is 12.5 Å². The lowest BCUT2D eigenvalue weighted by molar-refractivity contribution is 0.0930. The maximum absolute atomic E-state index is 11.6. The zero-order chi connectivity index (χ0) is 9.97. The second kappa shape index (κ2) is 3.79. The molecule has 1 aromatic heterocycles. The van der Waals surface area contributed by atoms with Crippen LogP contribution >= 0.6 is 0 Å². The van der Waals surface area contributed by atoms with E-state index in [9.17, 15) is 4.79 Å². The maximum atomic E-state index is 11.6. The van der Waals surface area contributed by atoms with Crippen LogP contribution in [-0.2, 0) is 0 Å². The lowest BCUT2D eigenvalue weighted by Crippen LogP contribution is -2.44. The molecule has 5 heteroatoms. The molecule has 2 unspecified atom stereocenters. The molecule has 0 spiro atoms. The Morgan fingerprint density at radius 1 is 1.64 bits per heavy atom. The van der Waals surface area contributed by atoms with Gasteiger partial charge >= 0.3 is 0 Å². The Hall–Kier alpha value is -1.36. The topological polar surface area (TPSA) is 83.8 Å². The minimum atomic E-state index is -0.121. The number of nitrogens with zero attached hydrogens (tertiary/aromatic N) is 1. The fourth-order valence-corrected chi connectivity index (χ4v) is 1.79. The van der Waals surface area contributed by atoms with Crippen LogP contribution in [0, 0.1) is 0 Å². The monoisotopic (exact) mass is 194 g/mol. The van der Waals surface area contributed by atoms with E-state index in [1.54, 1.807) is 0 Å². The summed E-state index contributed by atoms with van der Waals surface area (Å²) in [4.78, 5) is 18.1. The quantitative estimate of drug-likeness (QED) is 0.620. The van der Waals surface area contributed by atoms with Crippen molar-refractivity contribution >= 4 is 5.91 Å². The van der Waals surface area contributed by atoms with Gasteiger partial charge in [0, 0.05) is 12.1 Å². The molecule has 5 nitrogen and oxygen atoms in total. The van der Waals surface area contributed by atoms with E-state index in [0.717, 1.165) is 19.3 Å². The number of imidazole rings is 1. The third-order valence-corrected chi connectivity index (χ3v) is 2.63. The average Bonchev–Trinajstić information content (AvgIpc) is 2.77. The average molecular weight is 194 g/mol. The SMILES string of the molecule is NC1CCCC1NC(=O)c1cnc[nH]1. The van der Waals surface area contributed by atoms with Gasteiger partial charge in [-0.05, 0) is 19.3 Å². The largest absolute Gasteiger partial charge is 0.346 e. The number of aromatic nitrogens is 2. The Morgan fingerprint density at radius 2 is 2.50 bits per heavy atom. The van der Waals surface area contributed by atoms with Gasteiger partial charge in [0.15, 0.2) is 0 Å². The van der Waals surface area contributed by atoms with Crippen LogP contribution in [0.25, 0.3) is 0 Å². The molecule has 0 aliphatic heterocycles. The molecule has 1 heterocycles. The molecule has 1 fully saturated rings. The van der Waals surface area contributed by atoms with Crippen molar-refractivity contribution in [3.05, 3.63) is 18.2 Å². The van der Waals surface area contributed by atoms with Crippen molar-refractivity contribution in [2.24, 2.45) is 5.73 Å². The van der Waals surface area contributed by atoms with E-state index in [1.165, 1.54) is 12.5 Å². The van der Waals surface area contributed by atoms with Gasteiger partial charge in [-0.25, -0.2) is 4.98 Å². The van der Waals surface area contributed by atoms with E-state index in [4.69, 9.17) is 5.73 Å². The van der Waals surface area contributed by atoms with E-state index in [2.05, 4.69) is 15.3 Å². The Balaban J connectivity index is 1.95. The standard InChI is InChI=1S/C9H14N4O/c10-6-2-1-3-7(6)13-9(14)8-4-11-5-12-8/h4-7H,1-3,10H2,(H,11,12)(H,13,14). The molecule has 76 valence electrons. The lowest BCUT2D eigenvalue weighted by Gasteiger charge is -2.16. The number of carbonyl (C=O) groups is 1. The molecule has 1 amide bonds. The highest BCUT2D eigenvalue weighted by Gasteiger charge is 2.25. The van der Waals surface area contributed by atoms with E-state index in [-0.39, 0.29) is 18.0 Å². The van der Waals surface area contributed by atoms with Gasteiger partial charge in [-0.3, -0.25) is 4.79 Å². The van der Waals surface area contributed by atoms with E-state index in [1.807, 2.05) is 0 Å². The molecule has 2 atom stereocenters. The van der Waals surface area contributed by atoms with Gasteiger partial charge in [0.25, 0.3) is 5.91 Å². The highest BCUT2D eigenvalue weighted by atomic mass is 16.2. The number of rotatable bonds is 2. The molecule has 0 saturated heterocycles. The summed E-state index contributed by atoms with van der Waals surface area (Å²) in [7, 11) is 0.